The Morgan fingerprint density at radius 3 is 1.82 bits per heavy atom. The van der Waals surface area contributed by atoms with Crippen LogP contribution < -0.4 is 0 Å². The van der Waals surface area contributed by atoms with E-state index in [1.54, 1.807) is 5.56 Å². The molecule has 0 aromatic heterocycles. The molecule has 0 unspecified atom stereocenters. The summed E-state index contributed by atoms with van der Waals surface area (Å²) in [5, 5.41) is 0. The highest BCUT2D eigenvalue weighted by Crippen LogP contribution is 2.44. The Morgan fingerprint density at radius 2 is 1.24 bits per heavy atom. The molecule has 0 aliphatic heterocycles. The molecule has 1 heteroatoms. The van der Waals surface area contributed by atoms with Crippen molar-refractivity contribution in [3.05, 3.63) is 59.7 Å². The van der Waals surface area contributed by atoms with Crippen molar-refractivity contribution in [1.29, 1.82) is 0 Å². The van der Waals surface area contributed by atoms with Crippen LogP contribution in [-0.4, -0.2) is 6.67 Å². The monoisotopic (exact) mass is 448 g/mol. The molecule has 2 saturated carbocycles. The maximum atomic E-state index is 12.3. The Morgan fingerprint density at radius 1 is 0.667 bits per heavy atom. The summed E-state index contributed by atoms with van der Waals surface area (Å²) >= 11 is 0. The van der Waals surface area contributed by atoms with Gasteiger partial charge in [0.25, 0.3) is 0 Å². The number of alkyl halides is 1. The van der Waals surface area contributed by atoms with Crippen LogP contribution in [0.25, 0.3) is 11.1 Å². The van der Waals surface area contributed by atoms with Crippen molar-refractivity contribution in [3.8, 4) is 11.1 Å². The molecule has 0 saturated heterocycles. The van der Waals surface area contributed by atoms with Gasteiger partial charge in [0.05, 0.1) is 6.67 Å². The predicted octanol–water partition coefficient (Wildman–Crippen LogP) is 9.92. The third kappa shape index (κ3) is 6.93. The number of benzene rings is 2. The van der Waals surface area contributed by atoms with Crippen molar-refractivity contribution in [3.63, 3.8) is 0 Å². The number of unbranched alkanes of at least 4 members (excludes halogenated alkanes) is 2. The third-order valence-electron chi connectivity index (χ3n) is 8.81. The minimum Gasteiger partial charge on any atom is -0.251 e. The van der Waals surface area contributed by atoms with Crippen LogP contribution in [0.1, 0.15) is 107 Å². The zero-order valence-corrected chi connectivity index (χ0v) is 20.9. The van der Waals surface area contributed by atoms with E-state index < -0.39 is 0 Å². The van der Waals surface area contributed by atoms with Crippen molar-refractivity contribution < 1.29 is 4.39 Å². The van der Waals surface area contributed by atoms with E-state index in [-0.39, 0.29) is 6.67 Å². The van der Waals surface area contributed by atoms with Gasteiger partial charge < -0.3 is 0 Å². The molecule has 2 aromatic rings. The van der Waals surface area contributed by atoms with Crippen molar-refractivity contribution in [2.24, 2.45) is 17.8 Å². The fourth-order valence-electron chi connectivity index (χ4n) is 6.60. The highest BCUT2D eigenvalue weighted by molar-refractivity contribution is 5.64. The van der Waals surface area contributed by atoms with Crippen LogP contribution >= 0.6 is 0 Å². The highest BCUT2D eigenvalue weighted by atomic mass is 19.1. The first-order chi connectivity index (χ1) is 16.3. The zero-order valence-electron chi connectivity index (χ0n) is 20.9. The SMILES string of the molecule is CCCC[C@H]1CC[C@H](C2CCC(c3ccc(-c4ccc(CCCCF)cc4)cc3)CC2)CC1. The maximum absolute atomic E-state index is 12.3. The lowest BCUT2D eigenvalue weighted by Crippen LogP contribution is -2.25. The van der Waals surface area contributed by atoms with E-state index >= 15 is 0 Å². The number of rotatable bonds is 10. The molecular weight excluding hydrogens is 403 g/mol. The summed E-state index contributed by atoms with van der Waals surface area (Å²) in [6, 6.07) is 18.3. The molecule has 2 aromatic carbocycles. The fourth-order valence-corrected chi connectivity index (χ4v) is 6.60. The maximum Gasteiger partial charge on any atom is 0.0894 e. The van der Waals surface area contributed by atoms with Crippen molar-refractivity contribution in [2.45, 2.75) is 103 Å². The average molecular weight is 449 g/mol. The van der Waals surface area contributed by atoms with E-state index in [0.29, 0.717) is 6.42 Å². The molecule has 0 N–H and O–H groups in total. The van der Waals surface area contributed by atoms with Gasteiger partial charge in [-0.05, 0) is 104 Å². The lowest BCUT2D eigenvalue weighted by atomic mass is 9.68. The topological polar surface area (TPSA) is 0 Å². The standard InChI is InChI=1S/C32H45F/c1-2-3-6-25-8-12-27(13-9-25)29-16-20-31(21-17-29)32-22-18-30(19-23-32)28-14-10-26(11-15-28)7-4-5-24-33/h10-11,14-15,18-19,22-23,25,27,29,31H,2-9,12-13,16-17,20-21,24H2,1H3/t25-,27-,29?,31?. The van der Waals surface area contributed by atoms with E-state index in [2.05, 4.69) is 55.5 Å². The molecule has 0 heterocycles. The predicted molar refractivity (Wildman–Crippen MR) is 140 cm³/mol. The molecular formula is C32H45F. The van der Waals surface area contributed by atoms with E-state index in [9.17, 15) is 4.39 Å². The number of hydrogen-bond acceptors (Lipinski definition) is 0. The summed E-state index contributed by atoms with van der Waals surface area (Å²) in [6.07, 6.45) is 18.5. The van der Waals surface area contributed by atoms with E-state index in [1.165, 1.54) is 87.3 Å². The Kier molecular flexibility index (Phi) is 9.45. The van der Waals surface area contributed by atoms with Crippen LogP contribution in [0.5, 0.6) is 0 Å². The van der Waals surface area contributed by atoms with Gasteiger partial charge in [-0.25, -0.2) is 0 Å². The molecule has 0 spiro atoms. The number of hydrogen-bond donors (Lipinski definition) is 0. The van der Waals surface area contributed by atoms with Gasteiger partial charge in [-0.3, -0.25) is 4.39 Å². The molecule has 2 aliphatic rings. The zero-order chi connectivity index (χ0) is 22.9. The molecule has 4 rings (SSSR count). The quantitative estimate of drug-likeness (QED) is 0.317. The van der Waals surface area contributed by atoms with Gasteiger partial charge >= 0.3 is 0 Å². The van der Waals surface area contributed by atoms with E-state index in [1.807, 2.05) is 0 Å². The minimum absolute atomic E-state index is 0.202. The second-order valence-electron chi connectivity index (χ2n) is 11.0. The van der Waals surface area contributed by atoms with Crippen LogP contribution in [-0.2, 0) is 6.42 Å². The Labute approximate surface area is 202 Å². The van der Waals surface area contributed by atoms with Crippen LogP contribution in [0.15, 0.2) is 48.5 Å². The van der Waals surface area contributed by atoms with Crippen molar-refractivity contribution >= 4 is 0 Å². The van der Waals surface area contributed by atoms with Gasteiger partial charge in [0.2, 0.25) is 0 Å². The van der Waals surface area contributed by atoms with Gasteiger partial charge in [-0.1, -0.05) is 87.6 Å². The molecule has 0 atom stereocenters. The average Bonchev–Trinajstić information content (AvgIpc) is 2.89. The molecule has 0 amide bonds. The molecule has 2 aliphatic carbocycles. The first kappa shape index (κ1) is 24.5. The van der Waals surface area contributed by atoms with E-state index in [0.717, 1.165) is 36.5 Å². The number of aryl methyl sites for hydroxylation is 1. The minimum atomic E-state index is -0.202. The Balaban J connectivity index is 1.24. The van der Waals surface area contributed by atoms with Crippen LogP contribution in [0, 0.1) is 17.8 Å². The molecule has 0 bridgehead atoms. The van der Waals surface area contributed by atoms with Gasteiger partial charge in [0.1, 0.15) is 0 Å². The normalized spacial score (nSPS) is 25.8. The lowest BCUT2D eigenvalue weighted by molar-refractivity contribution is 0.156. The second-order valence-corrected chi connectivity index (χ2v) is 11.0. The van der Waals surface area contributed by atoms with Gasteiger partial charge in [-0.2, -0.15) is 0 Å². The lowest BCUT2D eigenvalue weighted by Gasteiger charge is -2.38. The van der Waals surface area contributed by atoms with Crippen LogP contribution in [0.2, 0.25) is 0 Å². The first-order valence-corrected chi connectivity index (χ1v) is 14.0. The molecule has 180 valence electrons. The molecule has 33 heavy (non-hydrogen) atoms. The second kappa shape index (κ2) is 12.7. The largest absolute Gasteiger partial charge is 0.251 e. The van der Waals surface area contributed by atoms with E-state index in [4.69, 9.17) is 0 Å². The summed E-state index contributed by atoms with van der Waals surface area (Å²) in [7, 11) is 0. The summed E-state index contributed by atoms with van der Waals surface area (Å²) < 4.78 is 12.3. The van der Waals surface area contributed by atoms with Crippen molar-refractivity contribution in [1.82, 2.24) is 0 Å². The summed E-state index contributed by atoms with van der Waals surface area (Å²) in [5.74, 6) is 3.81. The van der Waals surface area contributed by atoms with Crippen LogP contribution in [0.3, 0.4) is 0 Å². The van der Waals surface area contributed by atoms with Gasteiger partial charge in [-0.15, -0.1) is 0 Å². The molecule has 0 nitrogen and oxygen atoms in total. The smallest absolute Gasteiger partial charge is 0.0894 e. The highest BCUT2D eigenvalue weighted by Gasteiger charge is 2.31. The molecule has 2 fully saturated rings. The third-order valence-corrected chi connectivity index (χ3v) is 8.81. The molecule has 0 radical (unpaired) electrons. The summed E-state index contributed by atoms with van der Waals surface area (Å²) in [4.78, 5) is 0. The first-order valence-electron chi connectivity index (χ1n) is 14.0. The summed E-state index contributed by atoms with van der Waals surface area (Å²) in [5.41, 5.74) is 5.45. The Hall–Kier alpha value is -1.63. The Bertz CT molecular complexity index is 789. The summed E-state index contributed by atoms with van der Waals surface area (Å²) in [6.45, 7) is 2.13. The number of halogens is 1. The van der Waals surface area contributed by atoms with Gasteiger partial charge in [0.15, 0.2) is 0 Å². The van der Waals surface area contributed by atoms with Gasteiger partial charge in [0, 0.05) is 0 Å². The van der Waals surface area contributed by atoms with Crippen molar-refractivity contribution in [2.75, 3.05) is 6.67 Å². The van der Waals surface area contributed by atoms with Crippen LogP contribution in [0.4, 0.5) is 4.39 Å². The fraction of sp³-hybridized carbons (Fsp3) is 0.625.